The average Bonchev–Trinajstić information content (AvgIpc) is 2.57. The van der Waals surface area contributed by atoms with Gasteiger partial charge in [0.15, 0.2) is 6.23 Å². The number of ether oxygens (including phenoxy) is 1. The fourth-order valence-corrected chi connectivity index (χ4v) is 1.67. The third-order valence-electron chi connectivity index (χ3n) is 2.55. The lowest BCUT2D eigenvalue weighted by atomic mass is 10.1. The Hall–Kier alpha value is -1.55. The summed E-state index contributed by atoms with van der Waals surface area (Å²) in [6.45, 7) is -0.00711. The van der Waals surface area contributed by atoms with E-state index in [0.717, 1.165) is 10.9 Å². The second kappa shape index (κ2) is 4.37. The minimum absolute atomic E-state index is 0.00711. The van der Waals surface area contributed by atoms with Crippen LogP contribution in [0.25, 0.3) is 0 Å². The van der Waals surface area contributed by atoms with Crippen molar-refractivity contribution in [2.24, 2.45) is 5.73 Å². The highest BCUT2D eigenvalue weighted by atomic mass is 16.6. The minimum atomic E-state index is -1.33. The molecule has 2 heterocycles. The van der Waals surface area contributed by atoms with Gasteiger partial charge in [-0.2, -0.15) is 9.78 Å². The largest absolute Gasteiger partial charge is 0.387 e. The third-order valence-corrected chi connectivity index (χ3v) is 2.55. The highest BCUT2D eigenvalue weighted by molar-refractivity contribution is 4.89. The molecule has 4 atom stereocenters. The number of hydrogen-bond donors (Lipinski definition) is 4. The van der Waals surface area contributed by atoms with Gasteiger partial charge in [0.2, 0.25) is 0 Å². The van der Waals surface area contributed by atoms with Crippen LogP contribution in [0.1, 0.15) is 6.23 Å². The molecule has 94 valence electrons. The molecule has 0 saturated carbocycles. The molecule has 0 amide bonds. The number of nitrogens with two attached hydrogens (primary N) is 1. The Morgan fingerprint density at radius 2 is 2.18 bits per heavy atom. The zero-order valence-corrected chi connectivity index (χ0v) is 8.68. The van der Waals surface area contributed by atoms with Crippen LogP contribution in [-0.4, -0.2) is 49.8 Å². The summed E-state index contributed by atoms with van der Waals surface area (Å²) in [7, 11) is 0. The number of nitrogens with zero attached hydrogens (tertiary/aromatic N) is 2. The van der Waals surface area contributed by atoms with Gasteiger partial charge in [0, 0.05) is 6.54 Å². The van der Waals surface area contributed by atoms with Gasteiger partial charge in [0.05, 0.1) is 0 Å². The van der Waals surface area contributed by atoms with Crippen molar-refractivity contribution in [3.63, 3.8) is 0 Å². The van der Waals surface area contributed by atoms with Crippen LogP contribution in [-0.2, 0) is 4.74 Å². The first-order chi connectivity index (χ1) is 8.04. The number of H-pyrrole nitrogens is 1. The van der Waals surface area contributed by atoms with E-state index in [-0.39, 0.29) is 6.54 Å². The molecule has 4 unspecified atom stereocenters. The molecular formula is C8H12N4O5. The van der Waals surface area contributed by atoms with E-state index in [1.54, 1.807) is 0 Å². The zero-order valence-electron chi connectivity index (χ0n) is 8.68. The summed E-state index contributed by atoms with van der Waals surface area (Å²) in [4.78, 5) is 24.2. The molecule has 1 aliphatic rings. The molecule has 0 radical (unpaired) electrons. The van der Waals surface area contributed by atoms with E-state index in [9.17, 15) is 19.8 Å². The van der Waals surface area contributed by atoms with E-state index in [1.165, 1.54) is 0 Å². The van der Waals surface area contributed by atoms with Gasteiger partial charge in [-0.05, 0) is 0 Å². The number of hydrogen-bond acceptors (Lipinski definition) is 7. The van der Waals surface area contributed by atoms with Crippen molar-refractivity contribution in [2.75, 3.05) is 6.54 Å². The molecule has 2 rings (SSSR count). The van der Waals surface area contributed by atoms with Crippen LogP contribution in [0, 0.1) is 0 Å². The molecule has 0 spiro atoms. The monoisotopic (exact) mass is 244 g/mol. The van der Waals surface area contributed by atoms with Gasteiger partial charge in [-0.15, -0.1) is 0 Å². The highest BCUT2D eigenvalue weighted by Gasteiger charge is 2.43. The molecule has 17 heavy (non-hydrogen) atoms. The fourth-order valence-electron chi connectivity index (χ4n) is 1.67. The Labute approximate surface area is 94.5 Å². The standard InChI is InChI=1S/C8H12N4O5/c9-1-3-5(14)6(15)7(17-3)12-8(16)11-4(13)2-10-12/h2-3,5-7,14-15H,1,9H2,(H,11,13,16). The van der Waals surface area contributed by atoms with Crippen molar-refractivity contribution in [3.8, 4) is 0 Å². The van der Waals surface area contributed by atoms with Crippen LogP contribution in [0.15, 0.2) is 15.8 Å². The molecule has 0 aliphatic carbocycles. The molecule has 9 heteroatoms. The number of aliphatic hydroxyl groups excluding tert-OH is 2. The number of nitrogens with one attached hydrogen (secondary N) is 1. The maximum Gasteiger partial charge on any atom is 0.347 e. The van der Waals surface area contributed by atoms with Crippen molar-refractivity contribution >= 4 is 0 Å². The van der Waals surface area contributed by atoms with E-state index in [0.29, 0.717) is 0 Å². The van der Waals surface area contributed by atoms with E-state index in [1.807, 2.05) is 4.98 Å². The first-order valence-electron chi connectivity index (χ1n) is 4.94. The Balaban J connectivity index is 2.35. The quantitative estimate of drug-likeness (QED) is 0.422. The molecule has 1 aromatic rings. The lowest BCUT2D eigenvalue weighted by Gasteiger charge is -2.14. The average molecular weight is 244 g/mol. The van der Waals surface area contributed by atoms with Gasteiger partial charge in [-0.1, -0.05) is 0 Å². The van der Waals surface area contributed by atoms with Gasteiger partial charge < -0.3 is 20.7 Å². The van der Waals surface area contributed by atoms with Crippen molar-refractivity contribution in [1.82, 2.24) is 14.8 Å². The van der Waals surface area contributed by atoms with Crippen molar-refractivity contribution < 1.29 is 14.9 Å². The summed E-state index contributed by atoms with van der Waals surface area (Å²) in [5.74, 6) is 0. The van der Waals surface area contributed by atoms with Crippen LogP contribution in [0.4, 0.5) is 0 Å². The summed E-state index contributed by atoms with van der Waals surface area (Å²) in [5.41, 5.74) is 3.84. The molecule has 1 fully saturated rings. The van der Waals surface area contributed by atoms with E-state index in [2.05, 4.69) is 5.10 Å². The number of aromatic amines is 1. The summed E-state index contributed by atoms with van der Waals surface area (Å²) in [6, 6.07) is 0. The van der Waals surface area contributed by atoms with Crippen LogP contribution in [0.5, 0.6) is 0 Å². The molecule has 5 N–H and O–H groups in total. The maximum atomic E-state index is 11.4. The fraction of sp³-hybridized carbons (Fsp3) is 0.625. The van der Waals surface area contributed by atoms with Crippen LogP contribution >= 0.6 is 0 Å². The molecule has 1 saturated heterocycles. The zero-order chi connectivity index (χ0) is 12.6. The topological polar surface area (TPSA) is 143 Å². The maximum absolute atomic E-state index is 11.4. The first-order valence-corrected chi connectivity index (χ1v) is 4.94. The number of aromatic nitrogens is 3. The molecule has 9 nitrogen and oxygen atoms in total. The lowest BCUT2D eigenvalue weighted by molar-refractivity contribution is -0.0457. The van der Waals surface area contributed by atoms with Gasteiger partial charge in [0.1, 0.15) is 24.5 Å². The van der Waals surface area contributed by atoms with E-state index in [4.69, 9.17) is 10.5 Å². The van der Waals surface area contributed by atoms with Crippen LogP contribution < -0.4 is 17.0 Å². The Bertz CT molecular complexity index is 511. The smallest absolute Gasteiger partial charge is 0.347 e. The summed E-state index contributed by atoms with van der Waals surface area (Å²) in [6.07, 6.45) is -3.61. The predicted octanol–water partition coefficient (Wildman–Crippen LogP) is -3.49. The van der Waals surface area contributed by atoms with E-state index >= 15 is 0 Å². The van der Waals surface area contributed by atoms with Gasteiger partial charge in [0.25, 0.3) is 5.56 Å². The SMILES string of the molecule is NCC1OC(n2ncc(=O)[nH]c2=O)C(O)C1O. The Morgan fingerprint density at radius 3 is 2.71 bits per heavy atom. The predicted molar refractivity (Wildman–Crippen MR) is 54.1 cm³/mol. The normalized spacial score (nSPS) is 32.9. The van der Waals surface area contributed by atoms with Crippen LogP contribution in [0.3, 0.4) is 0 Å². The lowest BCUT2D eigenvalue weighted by Crippen LogP contribution is -2.39. The molecule has 1 aliphatic heterocycles. The minimum Gasteiger partial charge on any atom is -0.387 e. The van der Waals surface area contributed by atoms with Gasteiger partial charge >= 0.3 is 5.69 Å². The van der Waals surface area contributed by atoms with Gasteiger partial charge in [-0.3, -0.25) is 9.78 Å². The molecule has 1 aromatic heterocycles. The first kappa shape index (κ1) is 11.9. The molecule has 0 aromatic carbocycles. The Morgan fingerprint density at radius 1 is 1.47 bits per heavy atom. The second-order valence-electron chi connectivity index (χ2n) is 3.67. The number of aliphatic hydroxyl groups is 2. The van der Waals surface area contributed by atoms with Gasteiger partial charge in [-0.25, -0.2) is 4.79 Å². The summed E-state index contributed by atoms with van der Waals surface area (Å²) >= 11 is 0. The summed E-state index contributed by atoms with van der Waals surface area (Å²) in [5, 5.41) is 22.8. The second-order valence-corrected chi connectivity index (χ2v) is 3.67. The molecule has 0 bridgehead atoms. The third kappa shape index (κ3) is 2.00. The molecular weight excluding hydrogens is 232 g/mol. The van der Waals surface area contributed by atoms with E-state index < -0.39 is 35.8 Å². The summed E-state index contributed by atoms with van der Waals surface area (Å²) < 4.78 is 5.95. The highest BCUT2D eigenvalue weighted by Crippen LogP contribution is 2.26. The van der Waals surface area contributed by atoms with Crippen molar-refractivity contribution in [2.45, 2.75) is 24.5 Å². The van der Waals surface area contributed by atoms with Crippen molar-refractivity contribution in [1.29, 1.82) is 0 Å². The van der Waals surface area contributed by atoms with Crippen molar-refractivity contribution in [3.05, 3.63) is 27.0 Å². The number of rotatable bonds is 2. The van der Waals surface area contributed by atoms with Crippen LogP contribution in [0.2, 0.25) is 0 Å². The Kier molecular flexibility index (Phi) is 3.07.